The molecule has 0 fully saturated rings. The topological polar surface area (TPSA) is 59.8 Å². The Morgan fingerprint density at radius 3 is 2.96 bits per heavy atom. The Labute approximate surface area is 159 Å². The van der Waals surface area contributed by atoms with Gasteiger partial charge in [-0.2, -0.15) is 0 Å². The summed E-state index contributed by atoms with van der Waals surface area (Å²) in [6.07, 6.45) is 0.753. The summed E-state index contributed by atoms with van der Waals surface area (Å²) in [5.74, 6) is 1.11. The zero-order valence-electron chi connectivity index (χ0n) is 13.6. The summed E-state index contributed by atoms with van der Waals surface area (Å²) < 4.78 is 1.91. The van der Waals surface area contributed by atoms with Crippen molar-refractivity contribution in [3.8, 4) is 10.7 Å². The second kappa shape index (κ2) is 8.51. The molecular weight excluding hydrogens is 376 g/mol. The van der Waals surface area contributed by atoms with E-state index >= 15 is 0 Å². The molecule has 1 N–H and O–H groups in total. The van der Waals surface area contributed by atoms with Crippen molar-refractivity contribution in [2.45, 2.75) is 11.6 Å². The van der Waals surface area contributed by atoms with Crippen molar-refractivity contribution in [1.82, 2.24) is 20.1 Å². The monoisotopic (exact) mass is 392 g/mol. The predicted octanol–water partition coefficient (Wildman–Crippen LogP) is 3.65. The second-order valence-electron chi connectivity index (χ2n) is 5.36. The first-order valence-corrected chi connectivity index (χ1v) is 9.95. The Morgan fingerprint density at radius 2 is 2.20 bits per heavy atom. The molecule has 0 bridgehead atoms. The van der Waals surface area contributed by atoms with E-state index in [1.165, 1.54) is 11.8 Å². The van der Waals surface area contributed by atoms with E-state index in [9.17, 15) is 4.79 Å². The van der Waals surface area contributed by atoms with Crippen LogP contribution in [0.15, 0.2) is 46.9 Å². The van der Waals surface area contributed by atoms with Crippen LogP contribution < -0.4 is 5.32 Å². The van der Waals surface area contributed by atoms with Gasteiger partial charge < -0.3 is 9.88 Å². The van der Waals surface area contributed by atoms with Gasteiger partial charge in [0.2, 0.25) is 5.91 Å². The fraction of sp³-hybridized carbons (Fsp3) is 0.235. The SMILES string of the molecule is Cn1c(SCC(=O)NCCc2cccc(Cl)c2)nnc1-c1cccs1. The van der Waals surface area contributed by atoms with Gasteiger partial charge >= 0.3 is 0 Å². The molecule has 2 aromatic heterocycles. The third-order valence-corrected chi connectivity index (χ3v) is 5.65. The number of carbonyl (C=O) groups is 1. The Bertz CT molecular complexity index is 848. The van der Waals surface area contributed by atoms with Gasteiger partial charge in [-0.05, 0) is 35.6 Å². The van der Waals surface area contributed by atoms with Gasteiger partial charge in [0.15, 0.2) is 11.0 Å². The number of thiophene rings is 1. The highest BCUT2D eigenvalue weighted by Gasteiger charge is 2.13. The van der Waals surface area contributed by atoms with Gasteiger partial charge in [0.25, 0.3) is 0 Å². The molecule has 3 aromatic rings. The quantitative estimate of drug-likeness (QED) is 0.623. The van der Waals surface area contributed by atoms with Crippen LogP contribution in [-0.4, -0.2) is 33.0 Å². The molecule has 1 amide bonds. The Kier molecular flexibility index (Phi) is 6.12. The molecule has 25 heavy (non-hydrogen) atoms. The van der Waals surface area contributed by atoms with Crippen molar-refractivity contribution >= 4 is 40.6 Å². The number of carbonyl (C=O) groups excluding carboxylic acids is 1. The van der Waals surface area contributed by atoms with Gasteiger partial charge in [-0.1, -0.05) is 41.6 Å². The lowest BCUT2D eigenvalue weighted by Gasteiger charge is -2.06. The van der Waals surface area contributed by atoms with Crippen LogP contribution in [-0.2, 0) is 18.3 Å². The summed E-state index contributed by atoms with van der Waals surface area (Å²) in [5, 5.41) is 14.7. The number of rotatable bonds is 7. The molecule has 0 unspecified atom stereocenters. The summed E-state index contributed by atoms with van der Waals surface area (Å²) in [6.45, 7) is 0.582. The van der Waals surface area contributed by atoms with Crippen LogP contribution in [0.5, 0.6) is 0 Å². The minimum Gasteiger partial charge on any atom is -0.355 e. The highest BCUT2D eigenvalue weighted by atomic mass is 35.5. The normalized spacial score (nSPS) is 10.8. The van der Waals surface area contributed by atoms with Crippen LogP contribution in [0.3, 0.4) is 0 Å². The van der Waals surface area contributed by atoms with Crippen LogP contribution in [0.4, 0.5) is 0 Å². The third-order valence-electron chi connectivity index (χ3n) is 3.53. The first-order valence-electron chi connectivity index (χ1n) is 7.70. The molecule has 0 aliphatic carbocycles. The smallest absolute Gasteiger partial charge is 0.230 e. The highest BCUT2D eigenvalue weighted by molar-refractivity contribution is 7.99. The van der Waals surface area contributed by atoms with Gasteiger partial charge in [0.1, 0.15) is 0 Å². The summed E-state index contributed by atoms with van der Waals surface area (Å²) >= 11 is 8.95. The maximum Gasteiger partial charge on any atom is 0.230 e. The molecule has 1 aromatic carbocycles. The fourth-order valence-electron chi connectivity index (χ4n) is 2.28. The molecule has 5 nitrogen and oxygen atoms in total. The predicted molar refractivity (Wildman–Crippen MR) is 103 cm³/mol. The number of amides is 1. The van der Waals surface area contributed by atoms with Crippen LogP contribution >= 0.6 is 34.7 Å². The van der Waals surface area contributed by atoms with E-state index in [0.717, 1.165) is 27.8 Å². The molecule has 3 rings (SSSR count). The number of benzene rings is 1. The number of nitrogens with zero attached hydrogens (tertiary/aromatic N) is 3. The highest BCUT2D eigenvalue weighted by Crippen LogP contribution is 2.25. The minimum atomic E-state index is -0.0206. The molecule has 0 aliphatic rings. The average molecular weight is 393 g/mol. The lowest BCUT2D eigenvalue weighted by molar-refractivity contribution is -0.118. The number of hydrogen-bond donors (Lipinski definition) is 1. The van der Waals surface area contributed by atoms with Crippen LogP contribution in [0.2, 0.25) is 5.02 Å². The molecule has 8 heteroatoms. The minimum absolute atomic E-state index is 0.0206. The van der Waals surface area contributed by atoms with E-state index in [4.69, 9.17) is 11.6 Å². The fourth-order valence-corrected chi connectivity index (χ4v) is 3.98. The summed E-state index contributed by atoms with van der Waals surface area (Å²) in [5.41, 5.74) is 1.11. The lowest BCUT2D eigenvalue weighted by atomic mass is 10.1. The van der Waals surface area contributed by atoms with Crippen LogP contribution in [0.25, 0.3) is 10.7 Å². The molecule has 2 heterocycles. The van der Waals surface area contributed by atoms with Gasteiger partial charge in [0, 0.05) is 18.6 Å². The van der Waals surface area contributed by atoms with Gasteiger partial charge in [-0.25, -0.2) is 0 Å². The Morgan fingerprint density at radius 1 is 1.32 bits per heavy atom. The second-order valence-corrected chi connectivity index (χ2v) is 7.69. The summed E-state index contributed by atoms with van der Waals surface area (Å²) in [6, 6.07) is 11.6. The van der Waals surface area contributed by atoms with Crippen molar-refractivity contribution in [2.75, 3.05) is 12.3 Å². The number of aromatic nitrogens is 3. The Balaban J connectivity index is 1.46. The third kappa shape index (κ3) is 4.84. The van der Waals surface area contributed by atoms with Gasteiger partial charge in [0.05, 0.1) is 10.6 Å². The van der Waals surface area contributed by atoms with E-state index in [1.54, 1.807) is 11.3 Å². The van der Waals surface area contributed by atoms with Gasteiger partial charge in [-0.3, -0.25) is 4.79 Å². The first kappa shape index (κ1) is 18.0. The maximum atomic E-state index is 12.0. The van der Waals surface area contributed by atoms with E-state index in [1.807, 2.05) is 53.4 Å². The largest absolute Gasteiger partial charge is 0.355 e. The molecular formula is C17H17ClN4OS2. The van der Waals surface area contributed by atoms with Gasteiger partial charge in [-0.15, -0.1) is 21.5 Å². The zero-order chi connectivity index (χ0) is 17.6. The number of hydrogen-bond acceptors (Lipinski definition) is 5. The van der Waals surface area contributed by atoms with Crippen LogP contribution in [0.1, 0.15) is 5.56 Å². The van der Waals surface area contributed by atoms with Crippen molar-refractivity contribution in [3.63, 3.8) is 0 Å². The molecule has 0 spiro atoms. The first-order chi connectivity index (χ1) is 12.1. The molecule has 0 saturated carbocycles. The Hall–Kier alpha value is -1.83. The molecule has 0 atom stereocenters. The molecule has 130 valence electrons. The van der Waals surface area contributed by atoms with Crippen molar-refractivity contribution in [2.24, 2.45) is 7.05 Å². The zero-order valence-corrected chi connectivity index (χ0v) is 16.0. The number of thioether (sulfide) groups is 1. The van der Waals surface area contributed by atoms with E-state index < -0.39 is 0 Å². The van der Waals surface area contributed by atoms with Crippen molar-refractivity contribution in [3.05, 3.63) is 52.4 Å². The summed E-state index contributed by atoms with van der Waals surface area (Å²) in [4.78, 5) is 13.1. The maximum absolute atomic E-state index is 12.0. The number of nitrogens with one attached hydrogen (secondary N) is 1. The average Bonchev–Trinajstić information content (AvgIpc) is 3.23. The standard InChI is InChI=1S/C17H17ClN4OS2/c1-22-16(14-6-3-9-24-14)20-21-17(22)25-11-15(23)19-8-7-12-4-2-5-13(18)10-12/h2-6,9-10H,7-8,11H2,1H3,(H,19,23). The van der Waals surface area contributed by atoms with E-state index in [2.05, 4.69) is 15.5 Å². The lowest BCUT2D eigenvalue weighted by Crippen LogP contribution is -2.27. The van der Waals surface area contributed by atoms with E-state index in [0.29, 0.717) is 17.3 Å². The number of halogens is 1. The summed E-state index contributed by atoms with van der Waals surface area (Å²) in [7, 11) is 1.91. The molecule has 0 radical (unpaired) electrons. The van der Waals surface area contributed by atoms with Crippen LogP contribution in [0, 0.1) is 0 Å². The van der Waals surface area contributed by atoms with Crippen molar-refractivity contribution in [1.29, 1.82) is 0 Å². The van der Waals surface area contributed by atoms with Crippen molar-refractivity contribution < 1.29 is 4.79 Å². The van der Waals surface area contributed by atoms with E-state index in [-0.39, 0.29) is 5.91 Å². The molecule has 0 saturated heterocycles. The molecule has 0 aliphatic heterocycles.